The third kappa shape index (κ3) is 4.01. The molecule has 3 rings (SSSR count). The first-order chi connectivity index (χ1) is 11.1. The van der Waals surface area contributed by atoms with Gasteiger partial charge in [0.25, 0.3) is 0 Å². The molecule has 0 unspecified atom stereocenters. The number of allylic oxidation sites excluding steroid dienone is 1. The highest BCUT2D eigenvalue weighted by Crippen LogP contribution is 2.26. The Bertz CT molecular complexity index is 679. The lowest BCUT2D eigenvalue weighted by Gasteiger charge is -2.32. The van der Waals surface area contributed by atoms with E-state index >= 15 is 0 Å². The number of nitrogens with zero attached hydrogens (tertiary/aromatic N) is 1. The molecule has 5 nitrogen and oxygen atoms in total. The Kier molecular flexibility index (Phi) is 5.16. The van der Waals surface area contributed by atoms with Gasteiger partial charge in [-0.25, -0.2) is 13.1 Å². The minimum atomic E-state index is -3.41. The van der Waals surface area contributed by atoms with Crippen molar-refractivity contribution in [2.75, 3.05) is 32.8 Å². The smallest absolute Gasteiger partial charge is 0.236 e. The van der Waals surface area contributed by atoms with E-state index < -0.39 is 10.0 Å². The summed E-state index contributed by atoms with van der Waals surface area (Å²) in [4.78, 5) is 2.75. The largest absolute Gasteiger partial charge is 0.379 e. The van der Waals surface area contributed by atoms with Crippen molar-refractivity contribution in [3.63, 3.8) is 0 Å². The number of hydrogen-bond acceptors (Lipinski definition) is 4. The maximum Gasteiger partial charge on any atom is 0.236 e. The molecule has 6 heteroatoms. The topological polar surface area (TPSA) is 58.6 Å². The van der Waals surface area contributed by atoms with E-state index in [0.29, 0.717) is 17.9 Å². The van der Waals surface area contributed by atoms with Crippen LogP contribution in [0.15, 0.2) is 29.2 Å². The Balaban J connectivity index is 1.64. The number of aryl methyl sites for hydroxylation is 1. The Labute approximate surface area is 138 Å². The van der Waals surface area contributed by atoms with Gasteiger partial charge >= 0.3 is 0 Å². The van der Waals surface area contributed by atoms with Gasteiger partial charge in [0.05, 0.1) is 18.1 Å². The summed E-state index contributed by atoms with van der Waals surface area (Å²) in [7, 11) is -3.41. The van der Waals surface area contributed by atoms with Crippen LogP contribution in [0.4, 0.5) is 0 Å². The third-order valence-electron chi connectivity index (χ3n) is 4.60. The highest BCUT2D eigenvalue weighted by Gasteiger charge is 2.24. The molecule has 0 radical (unpaired) electrons. The maximum atomic E-state index is 12.6. The monoisotopic (exact) mass is 336 g/mol. The molecule has 0 spiro atoms. The van der Waals surface area contributed by atoms with Gasteiger partial charge in [-0.1, -0.05) is 24.3 Å². The van der Waals surface area contributed by atoms with E-state index in [0.717, 1.165) is 38.3 Å². The van der Waals surface area contributed by atoms with Crippen LogP contribution in [0, 0.1) is 0 Å². The van der Waals surface area contributed by atoms with E-state index in [-0.39, 0.29) is 6.04 Å². The van der Waals surface area contributed by atoms with E-state index in [1.807, 2.05) is 18.2 Å². The SMILES string of the molecule is C[C@@H](CNS(=O)(=O)C1=Cc2ccccc2CC1)N1CCOCC1. The molecular weight excluding hydrogens is 312 g/mol. The Morgan fingerprint density at radius 3 is 2.74 bits per heavy atom. The molecule has 1 atom stereocenters. The molecule has 1 aromatic rings. The number of rotatable bonds is 5. The van der Waals surface area contributed by atoms with Gasteiger partial charge in [0, 0.05) is 25.7 Å². The third-order valence-corrected chi connectivity index (χ3v) is 6.15. The van der Waals surface area contributed by atoms with Crippen molar-refractivity contribution >= 4 is 16.1 Å². The molecule has 0 aromatic heterocycles. The fourth-order valence-corrected chi connectivity index (χ4v) is 4.39. The molecule has 2 aliphatic rings. The van der Waals surface area contributed by atoms with Gasteiger partial charge in [-0.15, -0.1) is 0 Å². The van der Waals surface area contributed by atoms with Crippen molar-refractivity contribution < 1.29 is 13.2 Å². The van der Waals surface area contributed by atoms with Crippen molar-refractivity contribution in [3.05, 3.63) is 40.3 Å². The first kappa shape index (κ1) is 16.6. The number of hydrogen-bond donors (Lipinski definition) is 1. The van der Waals surface area contributed by atoms with Crippen LogP contribution in [-0.2, 0) is 21.2 Å². The molecule has 0 bridgehead atoms. The van der Waals surface area contributed by atoms with Crippen LogP contribution in [0.3, 0.4) is 0 Å². The van der Waals surface area contributed by atoms with Gasteiger partial charge in [-0.3, -0.25) is 4.90 Å². The van der Waals surface area contributed by atoms with E-state index in [1.165, 1.54) is 5.56 Å². The standard InChI is InChI=1S/C17H24N2O3S/c1-14(19-8-10-22-11-9-19)13-18-23(20,21)17-7-6-15-4-2-3-5-16(15)12-17/h2-5,12,14,18H,6-11,13H2,1H3/t14-/m0/s1. The van der Waals surface area contributed by atoms with Crippen molar-refractivity contribution in [2.45, 2.75) is 25.8 Å². The molecule has 1 aliphatic heterocycles. The van der Waals surface area contributed by atoms with Gasteiger partial charge in [0.1, 0.15) is 0 Å². The summed E-state index contributed by atoms with van der Waals surface area (Å²) in [5, 5.41) is 0. The molecular formula is C17H24N2O3S. The van der Waals surface area contributed by atoms with Gasteiger partial charge < -0.3 is 4.74 Å². The summed E-state index contributed by atoms with van der Waals surface area (Å²) in [5.74, 6) is 0. The summed E-state index contributed by atoms with van der Waals surface area (Å²) < 4.78 is 33.2. The van der Waals surface area contributed by atoms with E-state index in [9.17, 15) is 8.42 Å². The molecule has 1 N–H and O–H groups in total. The highest BCUT2D eigenvalue weighted by molar-refractivity contribution is 7.93. The van der Waals surface area contributed by atoms with Crippen LogP contribution >= 0.6 is 0 Å². The average Bonchev–Trinajstić information content (AvgIpc) is 2.60. The van der Waals surface area contributed by atoms with E-state index in [1.54, 1.807) is 6.08 Å². The fourth-order valence-electron chi connectivity index (χ4n) is 3.09. The summed E-state index contributed by atoms with van der Waals surface area (Å²) in [6, 6.07) is 8.14. The zero-order valence-electron chi connectivity index (χ0n) is 13.5. The normalized spacial score (nSPS) is 20.7. The van der Waals surface area contributed by atoms with Crippen molar-refractivity contribution in [1.29, 1.82) is 0 Å². The van der Waals surface area contributed by atoms with Crippen LogP contribution in [0.1, 0.15) is 24.5 Å². The molecule has 23 heavy (non-hydrogen) atoms. The first-order valence-electron chi connectivity index (χ1n) is 8.16. The lowest BCUT2D eigenvalue weighted by molar-refractivity contribution is 0.0213. The number of morpholine rings is 1. The zero-order valence-corrected chi connectivity index (χ0v) is 14.3. The van der Waals surface area contributed by atoms with Gasteiger partial charge in [-0.05, 0) is 37.0 Å². The molecule has 126 valence electrons. The van der Waals surface area contributed by atoms with Crippen LogP contribution in [0.2, 0.25) is 0 Å². The molecule has 1 saturated heterocycles. The molecule has 1 aromatic carbocycles. The van der Waals surface area contributed by atoms with Crippen LogP contribution < -0.4 is 4.72 Å². The predicted molar refractivity (Wildman–Crippen MR) is 91.5 cm³/mol. The number of nitrogens with one attached hydrogen (secondary N) is 1. The summed E-state index contributed by atoms with van der Waals surface area (Å²) in [6.07, 6.45) is 3.15. The molecule has 1 fully saturated rings. The summed E-state index contributed by atoms with van der Waals surface area (Å²) >= 11 is 0. The van der Waals surface area contributed by atoms with Crippen LogP contribution in [0.25, 0.3) is 6.08 Å². The highest BCUT2D eigenvalue weighted by atomic mass is 32.2. The van der Waals surface area contributed by atoms with Gasteiger partial charge in [0.2, 0.25) is 10.0 Å². The van der Waals surface area contributed by atoms with Gasteiger partial charge in [0.15, 0.2) is 0 Å². The number of fused-ring (bicyclic) bond motifs is 1. The van der Waals surface area contributed by atoms with Gasteiger partial charge in [-0.2, -0.15) is 0 Å². The van der Waals surface area contributed by atoms with E-state index in [4.69, 9.17) is 4.74 Å². The first-order valence-corrected chi connectivity index (χ1v) is 9.64. The maximum absolute atomic E-state index is 12.6. The second kappa shape index (κ2) is 7.13. The predicted octanol–water partition coefficient (Wildman–Crippen LogP) is 1.61. The Hall–Kier alpha value is -1.21. The van der Waals surface area contributed by atoms with Crippen LogP contribution in [0.5, 0.6) is 0 Å². The Morgan fingerprint density at radius 2 is 1.96 bits per heavy atom. The second-order valence-corrected chi connectivity index (χ2v) is 7.98. The number of sulfonamides is 1. The van der Waals surface area contributed by atoms with Crippen molar-refractivity contribution in [3.8, 4) is 0 Å². The number of ether oxygens (including phenoxy) is 1. The average molecular weight is 336 g/mol. The summed E-state index contributed by atoms with van der Waals surface area (Å²) in [6.45, 7) is 5.65. The minimum absolute atomic E-state index is 0.171. The van der Waals surface area contributed by atoms with Crippen molar-refractivity contribution in [1.82, 2.24) is 9.62 Å². The van der Waals surface area contributed by atoms with Crippen LogP contribution in [-0.4, -0.2) is 52.2 Å². The number of benzene rings is 1. The Morgan fingerprint density at radius 1 is 1.22 bits per heavy atom. The fraction of sp³-hybridized carbons (Fsp3) is 0.529. The zero-order chi connectivity index (χ0) is 16.3. The quantitative estimate of drug-likeness (QED) is 0.888. The lowest BCUT2D eigenvalue weighted by Crippen LogP contribution is -2.47. The molecule has 1 aliphatic carbocycles. The molecule has 0 saturated carbocycles. The van der Waals surface area contributed by atoms with Crippen molar-refractivity contribution in [2.24, 2.45) is 0 Å². The molecule has 0 amide bonds. The second-order valence-electron chi connectivity index (χ2n) is 6.16. The minimum Gasteiger partial charge on any atom is -0.379 e. The lowest BCUT2D eigenvalue weighted by atomic mass is 9.98. The molecule has 1 heterocycles. The van der Waals surface area contributed by atoms with E-state index in [2.05, 4.69) is 22.6 Å². The summed E-state index contributed by atoms with van der Waals surface area (Å²) in [5.41, 5.74) is 2.23.